The van der Waals surface area contributed by atoms with Gasteiger partial charge in [0.15, 0.2) is 9.84 Å². The number of sulfone groups is 1. The Labute approximate surface area is 158 Å². The fourth-order valence-electron chi connectivity index (χ4n) is 3.02. The maximum atomic E-state index is 12.5. The second kappa shape index (κ2) is 8.10. The molecule has 0 radical (unpaired) electrons. The number of halogens is 1. The van der Waals surface area contributed by atoms with Crippen molar-refractivity contribution in [3.8, 4) is 0 Å². The number of piperidine rings is 1. The van der Waals surface area contributed by atoms with Gasteiger partial charge in [-0.15, -0.1) is 0 Å². The van der Waals surface area contributed by atoms with Gasteiger partial charge in [0.25, 0.3) is 0 Å². The van der Waals surface area contributed by atoms with Gasteiger partial charge in [0.05, 0.1) is 11.5 Å². The summed E-state index contributed by atoms with van der Waals surface area (Å²) in [6, 6.07) is 10.6. The summed E-state index contributed by atoms with van der Waals surface area (Å²) in [7, 11) is -3.28. The summed E-state index contributed by atoms with van der Waals surface area (Å²) < 4.78 is 30.1. The molecule has 1 aromatic carbocycles. The van der Waals surface area contributed by atoms with Crippen LogP contribution in [0.1, 0.15) is 24.2 Å². The van der Waals surface area contributed by atoms with Gasteiger partial charge in [0, 0.05) is 24.2 Å². The lowest BCUT2D eigenvalue weighted by Crippen LogP contribution is -2.42. The van der Waals surface area contributed by atoms with Gasteiger partial charge in [-0.2, -0.15) is 0 Å². The molecule has 1 aliphatic rings. The second-order valence-corrected chi connectivity index (χ2v) is 8.95. The molecule has 1 aromatic heterocycles. The minimum Gasteiger partial charge on any atom is -0.468 e. The molecule has 5 nitrogen and oxygen atoms in total. The van der Waals surface area contributed by atoms with Crippen LogP contribution in [0.2, 0.25) is 5.02 Å². The van der Waals surface area contributed by atoms with Gasteiger partial charge in [-0.1, -0.05) is 29.8 Å². The molecule has 2 aromatic rings. The van der Waals surface area contributed by atoms with Gasteiger partial charge >= 0.3 is 0 Å². The van der Waals surface area contributed by atoms with E-state index >= 15 is 0 Å². The Balaban J connectivity index is 1.56. The van der Waals surface area contributed by atoms with Gasteiger partial charge in [0.1, 0.15) is 11.5 Å². The van der Waals surface area contributed by atoms with E-state index in [1.54, 1.807) is 29.2 Å². The Bertz CT molecular complexity index is 882. The molecule has 7 heteroatoms. The average molecular weight is 394 g/mol. The van der Waals surface area contributed by atoms with E-state index < -0.39 is 15.1 Å². The first-order chi connectivity index (χ1) is 12.5. The first-order valence-corrected chi connectivity index (χ1v) is 10.5. The minimum absolute atomic E-state index is 0.0922. The highest BCUT2D eigenvalue weighted by atomic mass is 35.5. The molecule has 1 saturated heterocycles. The predicted octanol–water partition coefficient (Wildman–Crippen LogP) is 3.55. The summed E-state index contributed by atoms with van der Waals surface area (Å²) in [5.74, 6) is 0.225. The van der Waals surface area contributed by atoms with Crippen LogP contribution in [0, 0.1) is 0 Å². The van der Waals surface area contributed by atoms with Gasteiger partial charge in [-0.05, 0) is 42.7 Å². The summed E-state index contributed by atoms with van der Waals surface area (Å²) in [6.07, 6.45) is 5.52. The molecule has 0 spiro atoms. The number of likely N-dealkylation sites (tertiary alicyclic amines) is 1. The normalized spacial score (nSPS) is 16.3. The van der Waals surface area contributed by atoms with E-state index in [2.05, 4.69) is 0 Å². The van der Waals surface area contributed by atoms with Crippen molar-refractivity contribution in [3.05, 3.63) is 65.1 Å². The number of furan rings is 1. The Morgan fingerprint density at radius 1 is 1.19 bits per heavy atom. The summed E-state index contributed by atoms with van der Waals surface area (Å²) in [5, 5.41) is 0.142. The van der Waals surface area contributed by atoms with Crippen molar-refractivity contribution in [2.75, 3.05) is 13.1 Å². The van der Waals surface area contributed by atoms with Crippen molar-refractivity contribution in [1.29, 1.82) is 0 Å². The van der Waals surface area contributed by atoms with Crippen LogP contribution in [-0.4, -0.2) is 37.6 Å². The molecular weight excluding hydrogens is 374 g/mol. The Kier molecular flexibility index (Phi) is 5.84. The molecule has 0 unspecified atom stereocenters. The van der Waals surface area contributed by atoms with Crippen LogP contribution >= 0.6 is 11.6 Å². The fraction of sp³-hybridized carbons (Fsp3) is 0.316. The van der Waals surface area contributed by atoms with E-state index in [1.165, 1.54) is 12.3 Å². The highest BCUT2D eigenvalue weighted by Crippen LogP contribution is 2.22. The first-order valence-electron chi connectivity index (χ1n) is 8.41. The third-order valence-corrected chi connectivity index (χ3v) is 7.01. The summed E-state index contributed by atoms with van der Waals surface area (Å²) in [4.78, 5) is 14.0. The Hall–Kier alpha value is -2.05. The molecule has 1 fully saturated rings. The zero-order valence-corrected chi connectivity index (χ0v) is 15.7. The number of amides is 1. The van der Waals surface area contributed by atoms with E-state index in [0.29, 0.717) is 36.7 Å². The molecule has 0 N–H and O–H groups in total. The van der Waals surface area contributed by atoms with Crippen molar-refractivity contribution in [1.82, 2.24) is 4.90 Å². The van der Waals surface area contributed by atoms with Crippen molar-refractivity contribution in [2.24, 2.45) is 0 Å². The predicted molar refractivity (Wildman–Crippen MR) is 101 cm³/mol. The van der Waals surface area contributed by atoms with Gasteiger partial charge in [0.2, 0.25) is 5.91 Å². The average Bonchev–Trinajstić information content (AvgIpc) is 3.13. The molecule has 0 bridgehead atoms. The van der Waals surface area contributed by atoms with Crippen molar-refractivity contribution >= 4 is 33.4 Å². The summed E-state index contributed by atoms with van der Waals surface area (Å²) in [6.45, 7) is 0.849. The van der Waals surface area contributed by atoms with Crippen molar-refractivity contribution < 1.29 is 17.6 Å². The van der Waals surface area contributed by atoms with Crippen LogP contribution in [-0.2, 0) is 20.4 Å². The summed E-state index contributed by atoms with van der Waals surface area (Å²) >= 11 is 6.07. The monoisotopic (exact) mass is 393 g/mol. The number of carbonyl (C=O) groups excluding carboxylic acids is 1. The molecule has 0 aliphatic carbocycles. The van der Waals surface area contributed by atoms with Crippen LogP contribution in [0.3, 0.4) is 0 Å². The minimum atomic E-state index is -3.28. The molecule has 3 rings (SSSR count). The third-order valence-electron chi connectivity index (χ3n) is 4.50. The smallest absolute Gasteiger partial charge is 0.246 e. The van der Waals surface area contributed by atoms with Crippen molar-refractivity contribution in [2.45, 2.75) is 23.8 Å². The van der Waals surface area contributed by atoms with E-state index in [4.69, 9.17) is 16.0 Å². The van der Waals surface area contributed by atoms with Crippen LogP contribution < -0.4 is 0 Å². The summed E-state index contributed by atoms with van der Waals surface area (Å²) in [5.41, 5.74) is 0.776. The SMILES string of the molecule is O=C(C=Cc1ccccc1Cl)N1CCC(S(=O)(=O)Cc2ccco2)CC1. The van der Waals surface area contributed by atoms with Gasteiger partial charge < -0.3 is 9.32 Å². The fourth-order valence-corrected chi connectivity index (χ4v) is 4.95. The van der Waals surface area contributed by atoms with Gasteiger partial charge in [-0.25, -0.2) is 8.42 Å². The molecule has 1 aliphatic heterocycles. The van der Waals surface area contributed by atoms with E-state index in [-0.39, 0.29) is 11.7 Å². The zero-order valence-electron chi connectivity index (χ0n) is 14.2. The number of benzene rings is 1. The largest absolute Gasteiger partial charge is 0.468 e. The number of rotatable bonds is 5. The number of carbonyl (C=O) groups is 1. The molecule has 138 valence electrons. The highest BCUT2D eigenvalue weighted by Gasteiger charge is 2.31. The van der Waals surface area contributed by atoms with E-state index in [9.17, 15) is 13.2 Å². The maximum absolute atomic E-state index is 12.5. The van der Waals surface area contributed by atoms with Crippen molar-refractivity contribution in [3.63, 3.8) is 0 Å². The lowest BCUT2D eigenvalue weighted by Gasteiger charge is -2.31. The standard InChI is InChI=1S/C19H20ClNO4S/c20-18-6-2-1-4-15(18)7-8-19(22)21-11-9-17(10-12-21)26(23,24)14-16-5-3-13-25-16/h1-8,13,17H,9-12,14H2. The zero-order chi connectivity index (χ0) is 18.6. The van der Waals surface area contributed by atoms with E-state index in [0.717, 1.165) is 5.56 Å². The topological polar surface area (TPSA) is 67.6 Å². The van der Waals surface area contributed by atoms with Gasteiger partial charge in [-0.3, -0.25) is 4.79 Å². The highest BCUT2D eigenvalue weighted by molar-refractivity contribution is 7.91. The molecule has 26 heavy (non-hydrogen) atoms. The Morgan fingerprint density at radius 2 is 1.92 bits per heavy atom. The molecule has 1 amide bonds. The Morgan fingerprint density at radius 3 is 2.58 bits per heavy atom. The van der Waals surface area contributed by atoms with Crippen LogP contribution in [0.4, 0.5) is 0 Å². The van der Waals surface area contributed by atoms with Crippen LogP contribution in [0.25, 0.3) is 6.08 Å². The molecule has 0 saturated carbocycles. The maximum Gasteiger partial charge on any atom is 0.246 e. The van der Waals surface area contributed by atoms with E-state index in [1.807, 2.05) is 18.2 Å². The number of nitrogens with zero attached hydrogens (tertiary/aromatic N) is 1. The number of hydrogen-bond acceptors (Lipinski definition) is 4. The molecule has 0 atom stereocenters. The third kappa shape index (κ3) is 4.56. The lowest BCUT2D eigenvalue weighted by molar-refractivity contribution is -0.126. The first kappa shape index (κ1) is 18.7. The molecule has 2 heterocycles. The van der Waals surface area contributed by atoms with Crippen LogP contribution in [0.15, 0.2) is 53.2 Å². The quantitative estimate of drug-likeness (QED) is 0.728. The van der Waals surface area contributed by atoms with Crippen LogP contribution in [0.5, 0.6) is 0 Å². The molecular formula is C19H20ClNO4S. The number of hydrogen-bond donors (Lipinski definition) is 0. The lowest BCUT2D eigenvalue weighted by atomic mass is 10.1. The second-order valence-electron chi connectivity index (χ2n) is 6.27.